The SMILES string of the molecule is CCOC(=O)C1(C2(O)CC(C)(C)C2)CC1C. The van der Waals surface area contributed by atoms with Gasteiger partial charge >= 0.3 is 5.97 Å². The molecule has 0 amide bonds. The second kappa shape index (κ2) is 3.22. The molecule has 0 aromatic carbocycles. The van der Waals surface area contributed by atoms with Crippen LogP contribution < -0.4 is 0 Å². The highest BCUT2D eigenvalue weighted by atomic mass is 16.5. The highest BCUT2D eigenvalue weighted by Crippen LogP contribution is 2.69. The van der Waals surface area contributed by atoms with Crippen LogP contribution in [0.1, 0.15) is 47.0 Å². The number of rotatable bonds is 3. The molecular weight excluding hydrogens is 204 g/mol. The first-order chi connectivity index (χ1) is 7.27. The Morgan fingerprint density at radius 3 is 2.25 bits per heavy atom. The van der Waals surface area contributed by atoms with Crippen molar-refractivity contribution in [2.75, 3.05) is 6.61 Å². The predicted molar refractivity (Wildman–Crippen MR) is 60.8 cm³/mol. The van der Waals surface area contributed by atoms with Gasteiger partial charge in [0.15, 0.2) is 0 Å². The van der Waals surface area contributed by atoms with Gasteiger partial charge in [0.25, 0.3) is 0 Å². The molecule has 2 unspecified atom stereocenters. The quantitative estimate of drug-likeness (QED) is 0.750. The largest absolute Gasteiger partial charge is 0.465 e. The van der Waals surface area contributed by atoms with Crippen molar-refractivity contribution in [2.45, 2.75) is 52.6 Å². The average Bonchev–Trinajstić information content (AvgIpc) is 2.76. The lowest BCUT2D eigenvalue weighted by Crippen LogP contribution is -2.58. The van der Waals surface area contributed by atoms with E-state index in [0.717, 1.165) is 6.42 Å². The van der Waals surface area contributed by atoms with Gasteiger partial charge in [-0.3, -0.25) is 4.79 Å². The van der Waals surface area contributed by atoms with Crippen molar-refractivity contribution in [1.29, 1.82) is 0 Å². The van der Waals surface area contributed by atoms with Gasteiger partial charge in [-0.1, -0.05) is 20.8 Å². The van der Waals surface area contributed by atoms with Crippen LogP contribution in [-0.4, -0.2) is 23.3 Å². The fourth-order valence-corrected chi connectivity index (χ4v) is 3.65. The van der Waals surface area contributed by atoms with Crippen molar-refractivity contribution in [3.63, 3.8) is 0 Å². The van der Waals surface area contributed by atoms with Crippen LogP contribution in [0, 0.1) is 16.7 Å². The summed E-state index contributed by atoms with van der Waals surface area (Å²) in [6, 6.07) is 0. The summed E-state index contributed by atoms with van der Waals surface area (Å²) in [4.78, 5) is 12.0. The zero-order valence-corrected chi connectivity index (χ0v) is 10.7. The van der Waals surface area contributed by atoms with Gasteiger partial charge in [0.05, 0.1) is 17.6 Å². The summed E-state index contributed by atoms with van der Waals surface area (Å²) in [6.45, 7) is 8.50. The predicted octanol–water partition coefficient (Wildman–Crippen LogP) is 2.13. The smallest absolute Gasteiger partial charge is 0.315 e. The van der Waals surface area contributed by atoms with Crippen LogP contribution in [0.15, 0.2) is 0 Å². The summed E-state index contributed by atoms with van der Waals surface area (Å²) >= 11 is 0. The molecule has 2 saturated carbocycles. The van der Waals surface area contributed by atoms with Gasteiger partial charge in [0, 0.05) is 0 Å². The molecule has 2 aliphatic rings. The molecule has 3 heteroatoms. The lowest BCUT2D eigenvalue weighted by atomic mass is 9.55. The number of esters is 1. The number of carbonyl (C=O) groups is 1. The van der Waals surface area contributed by atoms with E-state index in [-0.39, 0.29) is 17.3 Å². The Labute approximate surface area is 97.2 Å². The highest BCUT2D eigenvalue weighted by molar-refractivity contribution is 5.82. The van der Waals surface area contributed by atoms with Gasteiger partial charge in [0.1, 0.15) is 0 Å². The molecule has 0 heterocycles. The number of carbonyl (C=O) groups excluding carboxylic acids is 1. The summed E-state index contributed by atoms with van der Waals surface area (Å²) in [5.41, 5.74) is -1.25. The Kier molecular flexibility index (Phi) is 2.40. The molecule has 16 heavy (non-hydrogen) atoms. The van der Waals surface area contributed by atoms with E-state index in [1.54, 1.807) is 0 Å². The standard InChI is InChI=1S/C13H22O3/c1-5-16-10(14)13(6-9(13)2)12(15)7-11(3,4)8-12/h9,15H,5-8H2,1-4H3. The van der Waals surface area contributed by atoms with Gasteiger partial charge in [-0.25, -0.2) is 0 Å². The van der Waals surface area contributed by atoms with Crippen LogP contribution >= 0.6 is 0 Å². The van der Waals surface area contributed by atoms with Crippen LogP contribution in [-0.2, 0) is 9.53 Å². The molecule has 0 aromatic rings. The second-order valence-electron chi connectivity index (χ2n) is 6.35. The van der Waals surface area contributed by atoms with Gasteiger partial charge in [0.2, 0.25) is 0 Å². The third-order valence-electron chi connectivity index (χ3n) is 4.32. The molecule has 1 N–H and O–H groups in total. The Morgan fingerprint density at radius 1 is 1.44 bits per heavy atom. The first-order valence-corrected chi connectivity index (χ1v) is 6.17. The van der Waals surface area contributed by atoms with Crippen LogP contribution in [0.4, 0.5) is 0 Å². The maximum atomic E-state index is 12.0. The van der Waals surface area contributed by atoms with Crippen LogP contribution in [0.5, 0.6) is 0 Å². The molecule has 0 aromatic heterocycles. The molecule has 0 saturated heterocycles. The minimum atomic E-state index is -0.817. The Hall–Kier alpha value is -0.570. The molecule has 0 spiro atoms. The Bertz CT molecular complexity index is 313. The molecular formula is C13H22O3. The molecule has 2 fully saturated rings. The first-order valence-electron chi connectivity index (χ1n) is 6.17. The maximum Gasteiger partial charge on any atom is 0.315 e. The lowest BCUT2D eigenvalue weighted by Gasteiger charge is -2.53. The number of ether oxygens (including phenoxy) is 1. The van der Waals surface area contributed by atoms with E-state index in [2.05, 4.69) is 13.8 Å². The minimum absolute atomic E-state index is 0.163. The molecule has 2 atom stereocenters. The zero-order chi connectivity index (χ0) is 12.2. The van der Waals surface area contributed by atoms with Crippen LogP contribution in [0.3, 0.4) is 0 Å². The van der Waals surface area contributed by atoms with E-state index >= 15 is 0 Å². The van der Waals surface area contributed by atoms with E-state index < -0.39 is 11.0 Å². The van der Waals surface area contributed by atoms with Crippen molar-refractivity contribution in [3.05, 3.63) is 0 Å². The highest BCUT2D eigenvalue weighted by Gasteiger charge is 2.74. The molecule has 2 rings (SSSR count). The minimum Gasteiger partial charge on any atom is -0.465 e. The van der Waals surface area contributed by atoms with E-state index in [9.17, 15) is 9.90 Å². The van der Waals surface area contributed by atoms with Crippen molar-refractivity contribution in [3.8, 4) is 0 Å². The van der Waals surface area contributed by atoms with Gasteiger partial charge in [-0.2, -0.15) is 0 Å². The molecule has 0 bridgehead atoms. The summed E-state index contributed by atoms with van der Waals surface area (Å²) in [5, 5.41) is 10.6. The fourth-order valence-electron chi connectivity index (χ4n) is 3.65. The number of hydrogen-bond acceptors (Lipinski definition) is 3. The lowest BCUT2D eigenvalue weighted by molar-refractivity contribution is -0.193. The van der Waals surface area contributed by atoms with Crippen LogP contribution in [0.2, 0.25) is 0 Å². The van der Waals surface area contributed by atoms with Crippen molar-refractivity contribution >= 4 is 5.97 Å². The Morgan fingerprint density at radius 2 is 1.94 bits per heavy atom. The monoisotopic (exact) mass is 226 g/mol. The molecule has 92 valence electrons. The molecule has 3 nitrogen and oxygen atoms in total. The van der Waals surface area contributed by atoms with E-state index in [0.29, 0.717) is 19.4 Å². The van der Waals surface area contributed by atoms with E-state index in [1.165, 1.54) is 0 Å². The molecule has 2 aliphatic carbocycles. The topological polar surface area (TPSA) is 46.5 Å². The zero-order valence-electron chi connectivity index (χ0n) is 10.7. The third kappa shape index (κ3) is 1.41. The van der Waals surface area contributed by atoms with Crippen molar-refractivity contribution in [1.82, 2.24) is 0 Å². The molecule has 0 aliphatic heterocycles. The third-order valence-corrected chi connectivity index (χ3v) is 4.32. The fraction of sp³-hybridized carbons (Fsp3) is 0.923. The van der Waals surface area contributed by atoms with Crippen molar-refractivity contribution < 1.29 is 14.6 Å². The Balaban J connectivity index is 2.15. The van der Waals surface area contributed by atoms with Crippen LogP contribution in [0.25, 0.3) is 0 Å². The molecule has 0 radical (unpaired) electrons. The summed E-state index contributed by atoms with van der Waals surface area (Å²) in [5.74, 6) is 0.0631. The maximum absolute atomic E-state index is 12.0. The van der Waals surface area contributed by atoms with E-state index in [4.69, 9.17) is 4.74 Å². The van der Waals surface area contributed by atoms with Gasteiger partial charge < -0.3 is 9.84 Å². The first kappa shape index (κ1) is 11.9. The summed E-state index contributed by atoms with van der Waals surface area (Å²) in [7, 11) is 0. The average molecular weight is 226 g/mol. The number of aliphatic hydroxyl groups is 1. The normalized spacial score (nSPS) is 38.7. The van der Waals surface area contributed by atoms with Crippen molar-refractivity contribution in [2.24, 2.45) is 16.7 Å². The summed E-state index contributed by atoms with van der Waals surface area (Å²) in [6.07, 6.45) is 2.20. The number of hydrogen-bond donors (Lipinski definition) is 1. The summed E-state index contributed by atoms with van der Waals surface area (Å²) < 4.78 is 5.13. The van der Waals surface area contributed by atoms with E-state index in [1.807, 2.05) is 13.8 Å². The van der Waals surface area contributed by atoms with Gasteiger partial charge in [-0.15, -0.1) is 0 Å². The second-order valence-corrected chi connectivity index (χ2v) is 6.35. The van der Waals surface area contributed by atoms with Gasteiger partial charge in [-0.05, 0) is 37.5 Å².